The van der Waals surface area contributed by atoms with Crippen molar-refractivity contribution >= 4 is 5.91 Å². The molecule has 3 nitrogen and oxygen atoms in total. The van der Waals surface area contributed by atoms with Crippen molar-refractivity contribution < 1.29 is 9.90 Å². The van der Waals surface area contributed by atoms with Gasteiger partial charge in [0.15, 0.2) is 0 Å². The zero-order valence-electron chi connectivity index (χ0n) is 10.6. The maximum absolute atomic E-state index is 11.4. The van der Waals surface area contributed by atoms with Crippen LogP contribution in [-0.2, 0) is 11.2 Å². The quantitative estimate of drug-likeness (QED) is 0.790. The second-order valence-electron chi connectivity index (χ2n) is 4.49. The molecule has 3 heteroatoms. The van der Waals surface area contributed by atoms with E-state index in [9.17, 15) is 4.79 Å². The lowest BCUT2D eigenvalue weighted by atomic mass is 10.1. The predicted molar refractivity (Wildman–Crippen MR) is 68.8 cm³/mol. The summed E-state index contributed by atoms with van der Waals surface area (Å²) < 4.78 is 0. The number of benzene rings is 1. The minimum absolute atomic E-state index is 0.0102. The first-order valence-corrected chi connectivity index (χ1v) is 6.07. The van der Waals surface area contributed by atoms with Crippen molar-refractivity contribution in [1.82, 2.24) is 5.32 Å². The normalized spacial score (nSPS) is 12.2. The van der Waals surface area contributed by atoms with E-state index in [0.29, 0.717) is 6.42 Å². The van der Waals surface area contributed by atoms with Gasteiger partial charge in [0.2, 0.25) is 5.91 Å². The van der Waals surface area contributed by atoms with Crippen LogP contribution in [0.2, 0.25) is 0 Å². The van der Waals surface area contributed by atoms with E-state index in [1.165, 1.54) is 11.1 Å². The number of aliphatic hydroxyl groups is 1. The number of amides is 1. The van der Waals surface area contributed by atoms with E-state index in [4.69, 9.17) is 5.11 Å². The van der Waals surface area contributed by atoms with Gasteiger partial charge in [0, 0.05) is 12.5 Å². The molecule has 1 rings (SSSR count). The van der Waals surface area contributed by atoms with Gasteiger partial charge in [-0.3, -0.25) is 4.79 Å². The molecule has 0 aliphatic carbocycles. The fourth-order valence-electron chi connectivity index (χ4n) is 1.60. The first-order chi connectivity index (χ1) is 8.11. The average Bonchev–Trinajstić information content (AvgIpc) is 2.31. The number of carbonyl (C=O) groups excluding carboxylic acids is 1. The van der Waals surface area contributed by atoms with Crippen LogP contribution >= 0.6 is 0 Å². The molecule has 0 radical (unpaired) electrons. The molecule has 1 aromatic rings. The van der Waals surface area contributed by atoms with Gasteiger partial charge in [-0.05, 0) is 32.3 Å². The van der Waals surface area contributed by atoms with Gasteiger partial charge in [0.1, 0.15) is 0 Å². The van der Waals surface area contributed by atoms with Crippen molar-refractivity contribution in [3.05, 3.63) is 35.4 Å². The van der Waals surface area contributed by atoms with Crippen molar-refractivity contribution in [2.24, 2.45) is 0 Å². The molecule has 1 amide bonds. The number of hydrogen-bond acceptors (Lipinski definition) is 2. The topological polar surface area (TPSA) is 49.3 Å². The predicted octanol–water partition coefficient (Wildman–Crippen LogP) is 1.81. The molecule has 0 saturated heterocycles. The molecule has 1 atom stereocenters. The Morgan fingerprint density at radius 1 is 1.35 bits per heavy atom. The summed E-state index contributed by atoms with van der Waals surface area (Å²) in [6.07, 6.45) is 2.27. The van der Waals surface area contributed by atoms with Gasteiger partial charge in [-0.25, -0.2) is 0 Å². The van der Waals surface area contributed by atoms with Crippen LogP contribution in [0.1, 0.15) is 30.9 Å². The molecule has 1 unspecified atom stereocenters. The molecule has 0 aliphatic rings. The minimum atomic E-state index is -0.151. The van der Waals surface area contributed by atoms with Crippen molar-refractivity contribution in [3.8, 4) is 0 Å². The number of aryl methyl sites for hydroxylation is 2. The zero-order chi connectivity index (χ0) is 12.7. The highest BCUT2D eigenvalue weighted by atomic mass is 16.3. The van der Waals surface area contributed by atoms with E-state index < -0.39 is 0 Å². The monoisotopic (exact) mass is 235 g/mol. The molecular formula is C14H21NO2. The maximum atomic E-state index is 11.4. The van der Waals surface area contributed by atoms with E-state index in [0.717, 1.165) is 12.8 Å². The van der Waals surface area contributed by atoms with Crippen molar-refractivity contribution in [1.29, 1.82) is 0 Å². The Morgan fingerprint density at radius 3 is 2.59 bits per heavy atom. The maximum Gasteiger partial charge on any atom is 0.220 e. The highest BCUT2D eigenvalue weighted by Gasteiger charge is 2.05. The second-order valence-corrected chi connectivity index (χ2v) is 4.49. The number of carbonyl (C=O) groups is 1. The van der Waals surface area contributed by atoms with E-state index in [1.807, 2.05) is 0 Å². The highest BCUT2D eigenvalue weighted by molar-refractivity contribution is 5.76. The third-order valence-corrected chi connectivity index (χ3v) is 2.67. The van der Waals surface area contributed by atoms with Gasteiger partial charge in [-0.15, -0.1) is 0 Å². The summed E-state index contributed by atoms with van der Waals surface area (Å²) in [7, 11) is 0. The van der Waals surface area contributed by atoms with Gasteiger partial charge >= 0.3 is 0 Å². The number of nitrogens with one attached hydrogen (secondary N) is 1. The Morgan fingerprint density at radius 2 is 2.00 bits per heavy atom. The van der Waals surface area contributed by atoms with Crippen LogP contribution in [0.4, 0.5) is 0 Å². The summed E-state index contributed by atoms with van der Waals surface area (Å²) in [6, 6.07) is 8.22. The fourth-order valence-corrected chi connectivity index (χ4v) is 1.60. The SMILES string of the molecule is Cc1ccc(CCCC(=O)NC(C)CO)cc1. The van der Waals surface area contributed by atoms with Gasteiger partial charge in [-0.1, -0.05) is 29.8 Å². The molecule has 94 valence electrons. The van der Waals surface area contributed by atoms with Crippen LogP contribution in [0.15, 0.2) is 24.3 Å². The standard InChI is InChI=1S/C14H21NO2/c1-11-6-8-13(9-7-11)4-3-5-14(17)15-12(2)10-16/h6-9,12,16H,3-5,10H2,1-2H3,(H,15,17). The van der Waals surface area contributed by atoms with Crippen LogP contribution in [0.3, 0.4) is 0 Å². The molecule has 0 saturated carbocycles. The Kier molecular flexibility index (Phi) is 5.70. The smallest absolute Gasteiger partial charge is 0.220 e. The molecule has 0 spiro atoms. The van der Waals surface area contributed by atoms with Gasteiger partial charge in [0.05, 0.1) is 6.61 Å². The molecule has 0 aromatic heterocycles. The number of hydrogen-bond donors (Lipinski definition) is 2. The van der Waals surface area contributed by atoms with E-state index >= 15 is 0 Å². The summed E-state index contributed by atoms with van der Waals surface area (Å²) in [5.74, 6) is 0.0126. The van der Waals surface area contributed by atoms with Crippen LogP contribution < -0.4 is 5.32 Å². The molecule has 1 aromatic carbocycles. The zero-order valence-corrected chi connectivity index (χ0v) is 10.6. The van der Waals surface area contributed by atoms with Crippen molar-refractivity contribution in [2.45, 2.75) is 39.2 Å². The van der Waals surface area contributed by atoms with Crippen LogP contribution in [0.25, 0.3) is 0 Å². The van der Waals surface area contributed by atoms with Gasteiger partial charge in [-0.2, -0.15) is 0 Å². The lowest BCUT2D eigenvalue weighted by Crippen LogP contribution is -2.34. The van der Waals surface area contributed by atoms with E-state index in [2.05, 4.69) is 36.5 Å². The summed E-state index contributed by atoms with van der Waals surface area (Å²) in [5, 5.41) is 11.5. The van der Waals surface area contributed by atoms with E-state index in [-0.39, 0.29) is 18.6 Å². The summed E-state index contributed by atoms with van der Waals surface area (Å²) in [6.45, 7) is 3.84. The molecule has 0 fully saturated rings. The van der Waals surface area contributed by atoms with Crippen LogP contribution in [0, 0.1) is 6.92 Å². The first-order valence-electron chi connectivity index (χ1n) is 6.07. The molecule has 0 heterocycles. The molecule has 0 bridgehead atoms. The third kappa shape index (κ3) is 5.50. The molecule has 2 N–H and O–H groups in total. The number of rotatable bonds is 6. The second kappa shape index (κ2) is 7.07. The lowest BCUT2D eigenvalue weighted by Gasteiger charge is -2.10. The Labute approximate surface area is 103 Å². The largest absolute Gasteiger partial charge is 0.394 e. The van der Waals surface area contributed by atoms with Crippen LogP contribution in [0.5, 0.6) is 0 Å². The summed E-state index contributed by atoms with van der Waals surface area (Å²) >= 11 is 0. The lowest BCUT2D eigenvalue weighted by molar-refractivity contribution is -0.122. The van der Waals surface area contributed by atoms with E-state index in [1.54, 1.807) is 6.92 Å². The average molecular weight is 235 g/mol. The highest BCUT2D eigenvalue weighted by Crippen LogP contribution is 2.07. The summed E-state index contributed by atoms with van der Waals surface area (Å²) in [5.41, 5.74) is 2.52. The molecular weight excluding hydrogens is 214 g/mol. The molecule has 17 heavy (non-hydrogen) atoms. The Balaban J connectivity index is 2.23. The fraction of sp³-hybridized carbons (Fsp3) is 0.500. The van der Waals surface area contributed by atoms with Gasteiger partial charge in [0.25, 0.3) is 0 Å². The van der Waals surface area contributed by atoms with Crippen molar-refractivity contribution in [3.63, 3.8) is 0 Å². The minimum Gasteiger partial charge on any atom is -0.394 e. The van der Waals surface area contributed by atoms with Gasteiger partial charge < -0.3 is 10.4 Å². The third-order valence-electron chi connectivity index (χ3n) is 2.67. The number of aliphatic hydroxyl groups excluding tert-OH is 1. The Bertz CT molecular complexity index is 346. The first kappa shape index (κ1) is 13.7. The summed E-state index contributed by atoms with van der Waals surface area (Å²) in [4.78, 5) is 11.4. The molecule has 0 aliphatic heterocycles. The van der Waals surface area contributed by atoms with Crippen LogP contribution in [-0.4, -0.2) is 23.7 Å². The Hall–Kier alpha value is -1.35. The van der Waals surface area contributed by atoms with Crippen molar-refractivity contribution in [2.75, 3.05) is 6.61 Å².